The third kappa shape index (κ3) is 6.16. The Morgan fingerprint density at radius 2 is 0.812 bits per heavy atom. The lowest BCUT2D eigenvalue weighted by molar-refractivity contribution is 0.768. The van der Waals surface area contributed by atoms with Crippen molar-refractivity contribution in [2.24, 2.45) is 0 Å². The van der Waals surface area contributed by atoms with E-state index in [1.54, 1.807) is 0 Å². The van der Waals surface area contributed by atoms with Gasteiger partial charge in [0.1, 0.15) is 0 Å². The van der Waals surface area contributed by atoms with Crippen LogP contribution in [-0.2, 0) is 5.41 Å². The normalized spacial score (nSPS) is 12.5. The number of fused-ring (bicyclic) bond motifs is 5. The first-order valence-electron chi connectivity index (χ1n) is 22.2. The first kappa shape index (κ1) is 37.5. The Hall–Kier alpha value is -8.26. The Kier molecular flexibility index (Phi) is 9.13. The van der Waals surface area contributed by atoms with Crippen molar-refractivity contribution < 1.29 is 0 Å². The number of rotatable bonds is 8. The van der Waals surface area contributed by atoms with Crippen LogP contribution in [0.5, 0.6) is 0 Å². The molecule has 0 radical (unpaired) electrons. The lowest BCUT2D eigenvalue weighted by Crippen LogP contribution is -2.28. The maximum Gasteiger partial charge on any atom is 0.0714 e. The Morgan fingerprint density at radius 3 is 1.58 bits per heavy atom. The third-order valence-corrected chi connectivity index (χ3v) is 13.3. The molecule has 0 spiro atoms. The zero-order valence-electron chi connectivity index (χ0n) is 35.3. The minimum atomic E-state index is -0.509. The zero-order valence-corrected chi connectivity index (χ0v) is 35.3. The number of benzene rings is 11. The molecule has 0 heterocycles. The molecule has 1 aliphatic carbocycles. The van der Waals surface area contributed by atoms with Gasteiger partial charge in [-0.3, -0.25) is 0 Å². The van der Waals surface area contributed by atoms with Crippen molar-refractivity contribution in [3.63, 3.8) is 0 Å². The lowest BCUT2D eigenvalue weighted by Gasteiger charge is -2.34. The largest absolute Gasteiger partial charge is 0.310 e. The number of anilines is 3. The number of hydrogen-bond acceptors (Lipinski definition) is 1. The molecule has 0 fully saturated rings. The summed E-state index contributed by atoms with van der Waals surface area (Å²) in [6.45, 7) is 0. The van der Waals surface area contributed by atoms with Crippen LogP contribution in [0, 0.1) is 0 Å². The van der Waals surface area contributed by atoms with Gasteiger partial charge in [0.2, 0.25) is 0 Å². The Labute approximate surface area is 374 Å². The maximum absolute atomic E-state index is 2.47. The van der Waals surface area contributed by atoms with Crippen LogP contribution in [0.1, 0.15) is 22.3 Å². The van der Waals surface area contributed by atoms with Crippen molar-refractivity contribution in [2.45, 2.75) is 5.41 Å². The van der Waals surface area contributed by atoms with E-state index in [2.05, 4.69) is 266 Å². The SMILES string of the molecule is c1ccc(C2(c3ccccc3)c3ccccc3-c3c(N(c4ccc(-c5ccc(-c6cccc7ccccc67)cc5)cc4)c4cccc(-c5ccc6ccccc6c5)c4)cccc32)cc1. The lowest BCUT2D eigenvalue weighted by atomic mass is 9.68. The van der Waals surface area contributed by atoms with Crippen LogP contribution < -0.4 is 4.90 Å². The van der Waals surface area contributed by atoms with Gasteiger partial charge in [-0.25, -0.2) is 0 Å². The van der Waals surface area contributed by atoms with Gasteiger partial charge in [-0.2, -0.15) is 0 Å². The van der Waals surface area contributed by atoms with E-state index in [0.717, 1.165) is 17.1 Å². The van der Waals surface area contributed by atoms with Gasteiger partial charge in [-0.1, -0.05) is 224 Å². The molecule has 11 aromatic rings. The average Bonchev–Trinajstić information content (AvgIpc) is 3.69. The van der Waals surface area contributed by atoms with Gasteiger partial charge in [0.25, 0.3) is 0 Å². The molecule has 0 atom stereocenters. The van der Waals surface area contributed by atoms with Crippen molar-refractivity contribution in [2.75, 3.05) is 4.90 Å². The highest BCUT2D eigenvalue weighted by atomic mass is 15.1. The second-order valence-corrected chi connectivity index (χ2v) is 16.8. The summed E-state index contributed by atoms with van der Waals surface area (Å²) in [6.07, 6.45) is 0. The van der Waals surface area contributed by atoms with Crippen molar-refractivity contribution in [1.29, 1.82) is 0 Å². The molecule has 12 rings (SSSR count). The fourth-order valence-electron chi connectivity index (χ4n) is 10.4. The van der Waals surface area contributed by atoms with Crippen LogP contribution in [0.25, 0.3) is 66.1 Å². The van der Waals surface area contributed by atoms with Crippen LogP contribution >= 0.6 is 0 Å². The molecule has 0 bridgehead atoms. The molecular weight excluding hydrogens is 771 g/mol. The molecule has 11 aromatic carbocycles. The Morgan fingerprint density at radius 1 is 0.281 bits per heavy atom. The standard InChI is InChI=1S/C63H43N/c1-3-21-52(22-4-1)63(53-23-5-2-6-24-53)59-29-12-11-27-58(59)62-60(63)30-15-31-61(62)64(55-25-13-20-50(43-55)51-37-34-44-16-7-8-18-49(44)42-51)54-40-38-46(39-41-54)45-32-35-48(36-33-45)57-28-14-19-47-17-9-10-26-56(47)57/h1-43H. The quantitative estimate of drug-likeness (QED) is 0.148. The molecule has 64 heavy (non-hydrogen) atoms. The van der Waals surface area contributed by atoms with Crippen LogP contribution in [0.15, 0.2) is 261 Å². The highest BCUT2D eigenvalue weighted by molar-refractivity contribution is 5.99. The van der Waals surface area contributed by atoms with Crippen molar-refractivity contribution >= 4 is 38.6 Å². The van der Waals surface area contributed by atoms with E-state index >= 15 is 0 Å². The highest BCUT2D eigenvalue weighted by Crippen LogP contribution is 2.59. The van der Waals surface area contributed by atoms with Crippen LogP contribution in [0.4, 0.5) is 17.1 Å². The summed E-state index contributed by atoms with van der Waals surface area (Å²) >= 11 is 0. The van der Waals surface area contributed by atoms with E-state index in [0.29, 0.717) is 0 Å². The van der Waals surface area contributed by atoms with Gasteiger partial charge < -0.3 is 4.90 Å². The van der Waals surface area contributed by atoms with E-state index in [-0.39, 0.29) is 0 Å². The monoisotopic (exact) mass is 813 g/mol. The van der Waals surface area contributed by atoms with Gasteiger partial charge in [0.15, 0.2) is 0 Å². The molecule has 1 heteroatoms. The van der Waals surface area contributed by atoms with Crippen LogP contribution in [-0.4, -0.2) is 0 Å². The molecular formula is C63H43N. The van der Waals surface area contributed by atoms with Gasteiger partial charge >= 0.3 is 0 Å². The first-order valence-corrected chi connectivity index (χ1v) is 22.2. The summed E-state index contributed by atoms with van der Waals surface area (Å²) in [5.74, 6) is 0. The van der Waals surface area contributed by atoms with E-state index in [4.69, 9.17) is 0 Å². The summed E-state index contributed by atoms with van der Waals surface area (Å²) < 4.78 is 0. The van der Waals surface area contributed by atoms with Gasteiger partial charge in [-0.15, -0.1) is 0 Å². The molecule has 0 saturated heterocycles. The summed E-state index contributed by atoms with van der Waals surface area (Å²) in [5, 5.41) is 5.00. The summed E-state index contributed by atoms with van der Waals surface area (Å²) in [7, 11) is 0. The zero-order chi connectivity index (χ0) is 42.5. The molecule has 0 amide bonds. The topological polar surface area (TPSA) is 3.24 Å². The molecule has 0 aromatic heterocycles. The van der Waals surface area contributed by atoms with Crippen molar-refractivity contribution in [1.82, 2.24) is 0 Å². The predicted molar refractivity (Wildman–Crippen MR) is 270 cm³/mol. The Balaban J connectivity index is 1.03. The minimum absolute atomic E-state index is 0.509. The summed E-state index contributed by atoms with van der Waals surface area (Å²) in [5.41, 5.74) is 17.6. The third-order valence-electron chi connectivity index (χ3n) is 13.3. The second-order valence-electron chi connectivity index (χ2n) is 16.8. The minimum Gasteiger partial charge on any atom is -0.310 e. The smallest absolute Gasteiger partial charge is 0.0714 e. The van der Waals surface area contributed by atoms with E-state index in [1.165, 1.54) is 88.3 Å². The van der Waals surface area contributed by atoms with Gasteiger partial charge in [0, 0.05) is 16.9 Å². The molecule has 0 saturated carbocycles. The molecule has 0 aliphatic heterocycles. The first-order chi connectivity index (χ1) is 31.7. The fourth-order valence-corrected chi connectivity index (χ4v) is 10.4. The molecule has 1 aliphatic rings. The second kappa shape index (κ2) is 15.6. The van der Waals surface area contributed by atoms with Crippen LogP contribution in [0.2, 0.25) is 0 Å². The van der Waals surface area contributed by atoms with E-state index < -0.39 is 5.41 Å². The average molecular weight is 814 g/mol. The summed E-state index contributed by atoms with van der Waals surface area (Å²) in [4.78, 5) is 2.47. The molecule has 300 valence electrons. The highest BCUT2D eigenvalue weighted by Gasteiger charge is 2.47. The molecule has 0 N–H and O–H groups in total. The van der Waals surface area contributed by atoms with E-state index in [9.17, 15) is 0 Å². The van der Waals surface area contributed by atoms with Crippen LogP contribution in [0.3, 0.4) is 0 Å². The molecule has 1 nitrogen and oxygen atoms in total. The van der Waals surface area contributed by atoms with Gasteiger partial charge in [0.05, 0.1) is 11.1 Å². The number of nitrogens with zero attached hydrogens (tertiary/aromatic N) is 1. The predicted octanol–water partition coefficient (Wildman–Crippen LogP) is 16.8. The van der Waals surface area contributed by atoms with Gasteiger partial charge in [-0.05, 0) is 119 Å². The summed E-state index contributed by atoms with van der Waals surface area (Å²) in [6, 6.07) is 95.8. The number of hydrogen-bond donors (Lipinski definition) is 0. The van der Waals surface area contributed by atoms with Crippen molar-refractivity contribution in [3.8, 4) is 44.5 Å². The fraction of sp³-hybridized carbons (Fsp3) is 0.0159. The van der Waals surface area contributed by atoms with E-state index in [1.807, 2.05) is 0 Å². The van der Waals surface area contributed by atoms with Crippen molar-refractivity contribution in [3.05, 3.63) is 283 Å². The molecule has 0 unspecified atom stereocenters. The Bertz CT molecular complexity index is 3430. The maximum atomic E-state index is 2.47.